The first kappa shape index (κ1) is 15.4. The van der Waals surface area contributed by atoms with E-state index < -0.39 is 0 Å². The second-order valence-electron chi connectivity index (χ2n) is 5.23. The van der Waals surface area contributed by atoms with Crippen molar-refractivity contribution in [1.29, 1.82) is 0 Å². The van der Waals surface area contributed by atoms with Crippen molar-refractivity contribution in [2.24, 2.45) is 5.73 Å². The molecule has 1 unspecified atom stereocenters. The van der Waals surface area contributed by atoms with E-state index in [9.17, 15) is 0 Å². The van der Waals surface area contributed by atoms with Crippen LogP contribution in [0.1, 0.15) is 28.5 Å². The Morgan fingerprint density at radius 1 is 1.25 bits per heavy atom. The van der Waals surface area contributed by atoms with Crippen LogP contribution in [0.25, 0.3) is 0 Å². The molecule has 0 aliphatic heterocycles. The van der Waals surface area contributed by atoms with E-state index in [0.29, 0.717) is 6.61 Å². The van der Waals surface area contributed by atoms with Crippen LogP contribution >= 0.6 is 22.9 Å². The highest BCUT2D eigenvalue weighted by atomic mass is 35.5. The highest BCUT2D eigenvalue weighted by Gasteiger charge is 2.09. The number of halogens is 1. The Morgan fingerprint density at radius 2 is 1.90 bits per heavy atom. The fourth-order valence-electron chi connectivity index (χ4n) is 2.33. The van der Waals surface area contributed by atoms with Crippen LogP contribution in [0.5, 0.6) is 5.75 Å². The van der Waals surface area contributed by atoms with Crippen molar-refractivity contribution in [2.45, 2.75) is 39.8 Å². The molecule has 0 aliphatic rings. The van der Waals surface area contributed by atoms with Crippen molar-refractivity contribution in [1.82, 2.24) is 0 Å². The molecule has 2 N–H and O–H groups in total. The van der Waals surface area contributed by atoms with Crippen LogP contribution in [0.3, 0.4) is 0 Å². The molecular formula is C16H20ClNOS. The number of nitrogens with two attached hydrogens (primary N) is 1. The average molecular weight is 310 g/mol. The summed E-state index contributed by atoms with van der Waals surface area (Å²) in [6.07, 6.45) is 0.891. The number of hydrogen-bond donors (Lipinski definition) is 1. The molecule has 1 aromatic heterocycles. The largest absolute Gasteiger partial charge is 0.488 e. The third-order valence-electron chi connectivity index (χ3n) is 3.07. The standard InChI is InChI=1S/C16H20ClNOS/c1-10-6-13(8-12(3)18)7-11(2)16(10)19-9-14-4-5-15(17)20-14/h4-7,12H,8-9,18H2,1-3H3. The second-order valence-corrected chi connectivity index (χ2v) is 7.03. The first-order valence-electron chi connectivity index (χ1n) is 6.68. The predicted octanol–water partition coefficient (Wildman–Crippen LogP) is 4.49. The van der Waals surface area contributed by atoms with Gasteiger partial charge in [0.25, 0.3) is 0 Å². The van der Waals surface area contributed by atoms with Gasteiger partial charge in [-0.15, -0.1) is 11.3 Å². The minimum Gasteiger partial charge on any atom is -0.488 e. The minimum atomic E-state index is 0.175. The van der Waals surface area contributed by atoms with Gasteiger partial charge in [-0.3, -0.25) is 0 Å². The van der Waals surface area contributed by atoms with Crippen LogP contribution in [0.15, 0.2) is 24.3 Å². The summed E-state index contributed by atoms with van der Waals surface area (Å²) in [4.78, 5) is 1.13. The maximum atomic E-state index is 5.95. The van der Waals surface area contributed by atoms with Crippen LogP contribution in [0.4, 0.5) is 0 Å². The van der Waals surface area contributed by atoms with E-state index in [1.807, 2.05) is 19.1 Å². The molecule has 0 saturated carbocycles. The molecule has 1 aromatic carbocycles. The lowest BCUT2D eigenvalue weighted by Gasteiger charge is -2.14. The van der Waals surface area contributed by atoms with Crippen molar-refractivity contribution in [3.05, 3.63) is 50.2 Å². The Labute approximate surface area is 129 Å². The Morgan fingerprint density at radius 3 is 2.40 bits per heavy atom. The first-order chi connectivity index (χ1) is 9.45. The molecule has 2 nitrogen and oxygen atoms in total. The molecule has 1 atom stereocenters. The summed E-state index contributed by atoms with van der Waals surface area (Å²) in [6, 6.07) is 8.40. The van der Waals surface area contributed by atoms with Gasteiger partial charge in [0.1, 0.15) is 12.4 Å². The molecule has 0 saturated heterocycles. The maximum absolute atomic E-state index is 5.95. The summed E-state index contributed by atoms with van der Waals surface area (Å²) in [5, 5.41) is 0. The summed E-state index contributed by atoms with van der Waals surface area (Å²) in [5.41, 5.74) is 9.43. The molecule has 0 bridgehead atoms. The quantitative estimate of drug-likeness (QED) is 0.883. The summed E-state index contributed by atoms with van der Waals surface area (Å²) in [5.74, 6) is 0.961. The maximum Gasteiger partial charge on any atom is 0.125 e. The Kier molecular flexibility index (Phi) is 5.08. The van der Waals surface area contributed by atoms with E-state index in [0.717, 1.165) is 32.5 Å². The van der Waals surface area contributed by atoms with Crippen molar-refractivity contribution in [2.75, 3.05) is 0 Å². The minimum absolute atomic E-state index is 0.175. The van der Waals surface area contributed by atoms with Gasteiger partial charge < -0.3 is 10.5 Å². The molecule has 0 fully saturated rings. The zero-order chi connectivity index (χ0) is 14.7. The van der Waals surface area contributed by atoms with Crippen LogP contribution in [0, 0.1) is 13.8 Å². The van der Waals surface area contributed by atoms with E-state index >= 15 is 0 Å². The van der Waals surface area contributed by atoms with Gasteiger partial charge in [-0.2, -0.15) is 0 Å². The van der Waals surface area contributed by atoms with E-state index in [1.54, 1.807) is 11.3 Å². The molecule has 0 spiro atoms. The Hall–Kier alpha value is -1.03. The van der Waals surface area contributed by atoms with Gasteiger partial charge in [0.15, 0.2) is 0 Å². The molecule has 4 heteroatoms. The van der Waals surface area contributed by atoms with Gasteiger partial charge >= 0.3 is 0 Å². The normalized spacial score (nSPS) is 12.4. The van der Waals surface area contributed by atoms with E-state index in [1.165, 1.54) is 5.56 Å². The molecular weight excluding hydrogens is 290 g/mol. The summed E-state index contributed by atoms with van der Waals surface area (Å²) >= 11 is 7.48. The van der Waals surface area contributed by atoms with Crippen LogP contribution < -0.4 is 10.5 Å². The number of benzene rings is 1. The zero-order valence-electron chi connectivity index (χ0n) is 12.1. The molecule has 108 valence electrons. The summed E-state index contributed by atoms with van der Waals surface area (Å²) in [6.45, 7) is 6.74. The highest BCUT2D eigenvalue weighted by molar-refractivity contribution is 7.16. The third-order valence-corrected chi connectivity index (χ3v) is 4.27. The monoisotopic (exact) mass is 309 g/mol. The molecule has 2 rings (SSSR count). The van der Waals surface area contributed by atoms with Crippen molar-refractivity contribution in [3.8, 4) is 5.75 Å². The topological polar surface area (TPSA) is 35.2 Å². The van der Waals surface area contributed by atoms with E-state index in [2.05, 4.69) is 26.0 Å². The number of hydrogen-bond acceptors (Lipinski definition) is 3. The summed E-state index contributed by atoms with van der Waals surface area (Å²) < 4.78 is 6.74. The molecule has 0 aliphatic carbocycles. The summed E-state index contributed by atoms with van der Waals surface area (Å²) in [7, 11) is 0. The van der Waals surface area contributed by atoms with Gasteiger partial charge in [0, 0.05) is 10.9 Å². The second kappa shape index (κ2) is 6.61. The van der Waals surface area contributed by atoms with E-state index in [4.69, 9.17) is 22.1 Å². The van der Waals surface area contributed by atoms with Crippen molar-refractivity contribution in [3.63, 3.8) is 0 Å². The molecule has 0 amide bonds. The average Bonchev–Trinajstić information content (AvgIpc) is 2.73. The number of thiophene rings is 1. The lowest BCUT2D eigenvalue weighted by Crippen LogP contribution is -2.18. The lowest BCUT2D eigenvalue weighted by molar-refractivity contribution is 0.305. The van der Waals surface area contributed by atoms with Gasteiger partial charge in [-0.05, 0) is 56.0 Å². The van der Waals surface area contributed by atoms with Crippen LogP contribution in [0.2, 0.25) is 4.34 Å². The zero-order valence-corrected chi connectivity index (χ0v) is 13.6. The molecule has 2 aromatic rings. The van der Waals surface area contributed by atoms with Crippen LogP contribution in [-0.4, -0.2) is 6.04 Å². The predicted molar refractivity (Wildman–Crippen MR) is 86.9 cm³/mol. The molecule has 20 heavy (non-hydrogen) atoms. The van der Waals surface area contributed by atoms with Gasteiger partial charge in [-0.1, -0.05) is 23.7 Å². The van der Waals surface area contributed by atoms with Gasteiger partial charge in [0.05, 0.1) is 4.34 Å². The Balaban J connectivity index is 2.11. The molecule has 1 heterocycles. The smallest absolute Gasteiger partial charge is 0.125 e. The third kappa shape index (κ3) is 3.98. The van der Waals surface area contributed by atoms with Crippen molar-refractivity contribution >= 4 is 22.9 Å². The fourth-order valence-corrected chi connectivity index (χ4v) is 3.33. The van der Waals surface area contributed by atoms with Crippen LogP contribution in [-0.2, 0) is 13.0 Å². The lowest BCUT2D eigenvalue weighted by atomic mass is 10.0. The SMILES string of the molecule is Cc1cc(CC(C)N)cc(C)c1OCc1ccc(Cl)s1. The van der Waals surface area contributed by atoms with Gasteiger partial charge in [0.2, 0.25) is 0 Å². The van der Waals surface area contributed by atoms with Crippen molar-refractivity contribution < 1.29 is 4.74 Å². The Bertz CT molecular complexity index is 569. The molecule has 0 radical (unpaired) electrons. The number of aryl methyl sites for hydroxylation is 2. The number of ether oxygens (including phenoxy) is 1. The highest BCUT2D eigenvalue weighted by Crippen LogP contribution is 2.28. The van der Waals surface area contributed by atoms with Gasteiger partial charge in [-0.25, -0.2) is 0 Å². The van der Waals surface area contributed by atoms with E-state index in [-0.39, 0.29) is 6.04 Å². The number of rotatable bonds is 5. The first-order valence-corrected chi connectivity index (χ1v) is 7.88. The fraction of sp³-hybridized carbons (Fsp3) is 0.375.